The average molecular weight is 269 g/mol. The summed E-state index contributed by atoms with van der Waals surface area (Å²) in [6.45, 7) is 0. The molecular weight excluding hydrogens is 255 g/mol. The van der Waals surface area contributed by atoms with Gasteiger partial charge in [-0.25, -0.2) is 0 Å². The fraction of sp³-hybridized carbons (Fsp3) is 1.00. The zero-order valence-corrected chi connectivity index (χ0v) is 11.1. The number of rotatable bonds is 2. The van der Waals surface area contributed by atoms with Crippen LogP contribution in [0.3, 0.4) is 0 Å². The van der Waals surface area contributed by atoms with Crippen LogP contribution in [0, 0.1) is 23.7 Å². The van der Waals surface area contributed by atoms with E-state index in [4.69, 9.17) is 22.3 Å². The highest BCUT2D eigenvalue weighted by Gasteiger charge is 2.57. The zero-order valence-electron chi connectivity index (χ0n) is 7.92. The summed E-state index contributed by atoms with van der Waals surface area (Å²) >= 11 is 6.79. The second kappa shape index (κ2) is 3.65. The summed E-state index contributed by atoms with van der Waals surface area (Å²) in [6.07, 6.45) is 6.93. The topological polar surface area (TPSA) is 0 Å². The summed E-state index contributed by atoms with van der Waals surface area (Å²) in [6, 6.07) is 0. The van der Waals surface area contributed by atoms with Crippen LogP contribution in [0.2, 0.25) is 0 Å². The number of hydrogen-bond donors (Lipinski definition) is 0. The third-order valence-electron chi connectivity index (χ3n) is 4.41. The van der Waals surface area contributed by atoms with Crippen molar-refractivity contribution in [2.24, 2.45) is 23.7 Å². The van der Waals surface area contributed by atoms with Crippen LogP contribution in [0.25, 0.3) is 0 Å². The molecule has 0 nitrogen and oxygen atoms in total. The summed E-state index contributed by atoms with van der Waals surface area (Å²) in [7, 11) is 8.83. The lowest BCUT2D eigenvalue weighted by atomic mass is 9.56. The Kier molecular flexibility index (Phi) is 2.72. The maximum absolute atomic E-state index is 6.79. The predicted octanol–water partition coefficient (Wildman–Crippen LogP) is 4.91. The van der Waals surface area contributed by atoms with Crippen LogP contribution in [-0.2, 0) is 0 Å². The Hall–Kier alpha value is 1.28. The molecule has 0 unspecified atom stereocenters. The average Bonchev–Trinajstić information content (AvgIpc) is 2.14. The van der Waals surface area contributed by atoms with E-state index < -0.39 is 0 Å². The van der Waals surface area contributed by atoms with Gasteiger partial charge >= 0.3 is 0 Å². The molecule has 0 aromatic rings. The largest absolute Gasteiger partial charge is 0.107 e. The molecule has 0 aromatic carbocycles. The first-order chi connectivity index (χ1) is 6.72. The van der Waals surface area contributed by atoms with Crippen molar-refractivity contribution in [3.8, 4) is 0 Å². The molecule has 0 aliphatic heterocycles. The van der Waals surface area contributed by atoms with Crippen LogP contribution in [0.15, 0.2) is 0 Å². The van der Waals surface area contributed by atoms with Gasteiger partial charge in [-0.15, -0.1) is 11.6 Å². The Bertz CT molecular complexity index is 216. The monoisotopic (exact) mass is 268 g/mol. The second-order valence-corrected chi connectivity index (χ2v) is 8.98. The molecule has 0 N–H and O–H groups in total. The van der Waals surface area contributed by atoms with E-state index in [1.54, 1.807) is 10.8 Å². The maximum atomic E-state index is 6.79. The van der Waals surface area contributed by atoms with E-state index in [-0.39, 0.29) is 4.21 Å². The normalized spacial score (nSPS) is 55.3. The van der Waals surface area contributed by atoms with Crippen molar-refractivity contribution < 1.29 is 0 Å². The van der Waals surface area contributed by atoms with Crippen LogP contribution in [0.4, 0.5) is 0 Å². The van der Waals surface area contributed by atoms with Crippen molar-refractivity contribution in [1.29, 1.82) is 0 Å². The van der Waals surface area contributed by atoms with E-state index >= 15 is 0 Å². The summed E-state index contributed by atoms with van der Waals surface area (Å²) in [4.78, 5) is 0. The first-order valence-corrected chi connectivity index (χ1v) is 8.73. The fourth-order valence-electron chi connectivity index (χ4n) is 4.01. The molecule has 0 heterocycles. The highest BCUT2D eigenvalue weighted by Crippen LogP contribution is 2.66. The quantitative estimate of drug-likeness (QED) is 0.516. The van der Waals surface area contributed by atoms with Crippen molar-refractivity contribution in [3.05, 3.63) is 0 Å². The molecule has 4 saturated carbocycles. The Labute approximate surface area is 103 Å². The maximum Gasteiger partial charge on any atom is 0.107 e. The third-order valence-corrected chi connectivity index (χ3v) is 8.10. The smallest absolute Gasteiger partial charge is 0.106 e. The van der Waals surface area contributed by atoms with Crippen LogP contribution in [0.5, 0.6) is 0 Å². The van der Waals surface area contributed by atoms with Crippen LogP contribution in [-0.4, -0.2) is 4.21 Å². The molecular formula is C10H14Cl2S2. The minimum Gasteiger partial charge on any atom is -0.106 e. The molecule has 14 heavy (non-hydrogen) atoms. The van der Waals surface area contributed by atoms with Crippen molar-refractivity contribution in [1.82, 2.24) is 0 Å². The van der Waals surface area contributed by atoms with Gasteiger partial charge in [-0.3, -0.25) is 0 Å². The molecule has 4 heteroatoms. The van der Waals surface area contributed by atoms with E-state index in [0.717, 1.165) is 23.7 Å². The number of halogens is 2. The summed E-state index contributed by atoms with van der Waals surface area (Å²) in [5, 5.41) is 0. The first-order valence-electron chi connectivity index (χ1n) is 5.37. The molecule has 0 aromatic heterocycles. The molecule has 4 rings (SSSR count). The molecule has 0 radical (unpaired) electrons. The van der Waals surface area contributed by atoms with Gasteiger partial charge in [0.05, 0.1) is 0 Å². The summed E-state index contributed by atoms with van der Waals surface area (Å²) in [5.74, 6) is 3.45. The standard InChI is InChI=1S/C10H14Cl2S2/c11-10(13-14-12)8-2-6-1-7(4-8)5-9(10)3-6/h6-9H,1-5H2. The van der Waals surface area contributed by atoms with Gasteiger partial charge in [0.1, 0.15) is 4.21 Å². The van der Waals surface area contributed by atoms with Gasteiger partial charge in [-0.1, -0.05) is 10.8 Å². The van der Waals surface area contributed by atoms with Crippen molar-refractivity contribution >= 4 is 43.1 Å². The third kappa shape index (κ3) is 1.44. The number of hydrogen-bond acceptors (Lipinski definition) is 2. The SMILES string of the molecule is ClSSC1(Cl)C2CC3CC(C2)CC1C3. The van der Waals surface area contributed by atoms with Gasteiger partial charge in [0, 0.05) is 10.0 Å². The lowest BCUT2D eigenvalue weighted by Gasteiger charge is -2.57. The minimum atomic E-state index is -0.0279. The van der Waals surface area contributed by atoms with E-state index in [2.05, 4.69) is 0 Å². The van der Waals surface area contributed by atoms with Gasteiger partial charge in [0.25, 0.3) is 0 Å². The van der Waals surface area contributed by atoms with Gasteiger partial charge in [-0.2, -0.15) is 0 Å². The van der Waals surface area contributed by atoms with Crippen LogP contribution in [0.1, 0.15) is 32.1 Å². The van der Waals surface area contributed by atoms with E-state index in [0.29, 0.717) is 0 Å². The highest BCUT2D eigenvalue weighted by molar-refractivity contribution is 8.85. The van der Waals surface area contributed by atoms with E-state index in [1.807, 2.05) is 0 Å². The first kappa shape index (κ1) is 10.4. The Balaban J connectivity index is 1.87. The second-order valence-electron chi connectivity index (χ2n) is 5.15. The zero-order chi connectivity index (χ0) is 9.76. The van der Waals surface area contributed by atoms with Crippen LogP contribution < -0.4 is 0 Å². The van der Waals surface area contributed by atoms with Crippen molar-refractivity contribution in [2.45, 2.75) is 36.3 Å². The molecule has 80 valence electrons. The molecule has 4 aliphatic carbocycles. The van der Waals surface area contributed by atoms with Crippen molar-refractivity contribution in [2.75, 3.05) is 0 Å². The Morgan fingerprint density at radius 1 is 0.929 bits per heavy atom. The number of alkyl halides is 1. The molecule has 4 aliphatic rings. The van der Waals surface area contributed by atoms with E-state index in [1.165, 1.54) is 42.1 Å². The van der Waals surface area contributed by atoms with Gasteiger partial charge in [0.2, 0.25) is 0 Å². The minimum absolute atomic E-state index is 0.0279. The molecule has 4 fully saturated rings. The summed E-state index contributed by atoms with van der Waals surface area (Å²) in [5.41, 5.74) is 0. The van der Waals surface area contributed by atoms with Gasteiger partial charge in [0.15, 0.2) is 0 Å². The fourth-order valence-corrected chi connectivity index (χ4v) is 7.74. The molecule has 0 saturated heterocycles. The lowest BCUT2D eigenvalue weighted by Crippen LogP contribution is -2.52. The molecule has 0 spiro atoms. The molecule has 0 atom stereocenters. The lowest BCUT2D eigenvalue weighted by molar-refractivity contribution is 0.0132. The predicted molar refractivity (Wildman–Crippen MR) is 66.7 cm³/mol. The Morgan fingerprint density at radius 2 is 1.43 bits per heavy atom. The van der Waals surface area contributed by atoms with Gasteiger partial charge in [-0.05, 0) is 66.5 Å². The molecule has 4 bridgehead atoms. The summed E-state index contributed by atoms with van der Waals surface area (Å²) < 4.78 is -0.0279. The highest BCUT2D eigenvalue weighted by atomic mass is 35.7. The van der Waals surface area contributed by atoms with Crippen LogP contribution >= 0.6 is 43.1 Å². The molecule has 0 amide bonds. The van der Waals surface area contributed by atoms with E-state index in [9.17, 15) is 0 Å². The van der Waals surface area contributed by atoms with Gasteiger partial charge < -0.3 is 0 Å². The van der Waals surface area contributed by atoms with Crippen molar-refractivity contribution in [3.63, 3.8) is 0 Å². The Morgan fingerprint density at radius 3 is 1.86 bits per heavy atom.